The minimum absolute atomic E-state index is 0.0796. The molecule has 0 saturated carbocycles. The van der Waals surface area contributed by atoms with Crippen LogP contribution in [0.3, 0.4) is 0 Å². The molecule has 0 aliphatic carbocycles. The number of aromatic nitrogens is 1. The second-order valence-corrected chi connectivity index (χ2v) is 8.03. The first-order valence-electron chi connectivity index (χ1n) is 10.3. The van der Waals surface area contributed by atoms with Crippen LogP contribution >= 0.6 is 0 Å². The molecule has 1 unspecified atom stereocenters. The number of rotatable bonds is 8. The van der Waals surface area contributed by atoms with Gasteiger partial charge in [0.2, 0.25) is 0 Å². The Bertz CT molecular complexity index is 814. The van der Waals surface area contributed by atoms with Crippen molar-refractivity contribution in [1.29, 1.82) is 0 Å². The number of hydrogen-bond acceptors (Lipinski definition) is 4. The van der Waals surface area contributed by atoms with Crippen molar-refractivity contribution >= 4 is 11.9 Å². The van der Waals surface area contributed by atoms with Crippen LogP contribution in [0.4, 0.5) is 0 Å². The maximum atomic E-state index is 12.0. The number of amides is 1. The molecule has 2 aromatic rings. The number of benzene rings is 1. The van der Waals surface area contributed by atoms with E-state index >= 15 is 0 Å². The van der Waals surface area contributed by atoms with E-state index in [2.05, 4.69) is 58.8 Å². The number of pyridine rings is 1. The fourth-order valence-electron chi connectivity index (χ4n) is 2.79. The number of carbonyl (C=O) groups is 1. The number of aliphatic imine (C=N–C) groups is 1. The summed E-state index contributed by atoms with van der Waals surface area (Å²) in [4.78, 5) is 20.4. The van der Waals surface area contributed by atoms with Crippen LogP contribution in [0.1, 0.15) is 55.3 Å². The molecule has 0 fully saturated rings. The Hall–Kier alpha value is -2.93. The van der Waals surface area contributed by atoms with Crippen LogP contribution in [-0.4, -0.2) is 48.1 Å². The molecule has 1 aromatic heterocycles. The Morgan fingerprint density at radius 1 is 1.10 bits per heavy atom. The minimum atomic E-state index is -0.681. The summed E-state index contributed by atoms with van der Waals surface area (Å²) >= 11 is 0. The molecule has 0 radical (unpaired) electrons. The van der Waals surface area contributed by atoms with E-state index in [9.17, 15) is 9.90 Å². The van der Waals surface area contributed by atoms with Crippen molar-refractivity contribution in [3.63, 3.8) is 0 Å². The molecule has 1 atom stereocenters. The summed E-state index contributed by atoms with van der Waals surface area (Å²) in [6.45, 7) is 10.4. The zero-order valence-electron chi connectivity index (χ0n) is 18.3. The third-order valence-electron chi connectivity index (χ3n) is 4.55. The smallest absolute Gasteiger partial charge is 0.252 e. The molecule has 1 heterocycles. The standard InChI is InChI=1S/C23H33N5O2/c1-5-25-22(27-14-13-26-21(30)18-7-6-12-24-15-18)28-16-20(29)17-8-10-19(11-9-17)23(2,3)4/h6-12,15,20,29H,5,13-14,16H2,1-4H3,(H,26,30)(H2,25,27,28). The molecule has 0 aliphatic rings. The summed E-state index contributed by atoms with van der Waals surface area (Å²) in [5, 5.41) is 19.6. The molecule has 7 nitrogen and oxygen atoms in total. The lowest BCUT2D eigenvalue weighted by molar-refractivity contribution is 0.0954. The summed E-state index contributed by atoms with van der Waals surface area (Å²) in [6.07, 6.45) is 2.48. The van der Waals surface area contributed by atoms with Crippen LogP contribution in [0.2, 0.25) is 0 Å². The normalized spacial score (nSPS) is 12.9. The minimum Gasteiger partial charge on any atom is -0.386 e. The summed E-state index contributed by atoms with van der Waals surface area (Å²) in [5.74, 6) is 0.430. The number of aliphatic hydroxyl groups excluding tert-OH is 1. The van der Waals surface area contributed by atoms with Gasteiger partial charge in [-0.15, -0.1) is 0 Å². The van der Waals surface area contributed by atoms with Crippen molar-refractivity contribution < 1.29 is 9.90 Å². The van der Waals surface area contributed by atoms with Gasteiger partial charge in [-0.05, 0) is 35.6 Å². The summed E-state index contributed by atoms with van der Waals surface area (Å²) in [6, 6.07) is 11.5. The first-order chi connectivity index (χ1) is 14.3. The molecule has 1 amide bonds. The Morgan fingerprint density at radius 2 is 1.80 bits per heavy atom. The molecule has 0 aliphatic heterocycles. The SMILES string of the molecule is CCNC(=NCC(O)c1ccc(C(C)(C)C)cc1)NCCNC(=O)c1cccnc1. The molecular weight excluding hydrogens is 378 g/mol. The maximum absolute atomic E-state index is 12.0. The molecule has 7 heteroatoms. The van der Waals surface area contributed by atoms with Gasteiger partial charge in [-0.1, -0.05) is 45.0 Å². The van der Waals surface area contributed by atoms with Crippen molar-refractivity contribution in [1.82, 2.24) is 20.9 Å². The largest absolute Gasteiger partial charge is 0.386 e. The number of guanidine groups is 1. The van der Waals surface area contributed by atoms with Crippen molar-refractivity contribution in [2.45, 2.75) is 39.2 Å². The quantitative estimate of drug-likeness (QED) is 0.304. The lowest BCUT2D eigenvalue weighted by Gasteiger charge is -2.20. The van der Waals surface area contributed by atoms with Crippen LogP contribution < -0.4 is 16.0 Å². The van der Waals surface area contributed by atoms with Crippen molar-refractivity contribution in [2.75, 3.05) is 26.2 Å². The van der Waals surface area contributed by atoms with Gasteiger partial charge >= 0.3 is 0 Å². The Morgan fingerprint density at radius 3 is 2.40 bits per heavy atom. The molecule has 1 aromatic carbocycles. The van der Waals surface area contributed by atoms with Gasteiger partial charge in [0.1, 0.15) is 0 Å². The summed E-state index contributed by atoms with van der Waals surface area (Å²) in [5.41, 5.74) is 2.67. The Balaban J connectivity index is 1.83. The monoisotopic (exact) mass is 411 g/mol. The zero-order chi connectivity index (χ0) is 22.0. The van der Waals surface area contributed by atoms with Gasteiger partial charge in [0, 0.05) is 32.0 Å². The molecule has 2 rings (SSSR count). The zero-order valence-corrected chi connectivity index (χ0v) is 18.3. The van der Waals surface area contributed by atoms with Gasteiger partial charge < -0.3 is 21.1 Å². The first-order valence-corrected chi connectivity index (χ1v) is 10.3. The fourth-order valence-corrected chi connectivity index (χ4v) is 2.79. The van der Waals surface area contributed by atoms with Crippen molar-refractivity contribution in [3.8, 4) is 0 Å². The van der Waals surface area contributed by atoms with Crippen molar-refractivity contribution in [3.05, 3.63) is 65.5 Å². The van der Waals surface area contributed by atoms with Crippen molar-refractivity contribution in [2.24, 2.45) is 4.99 Å². The highest BCUT2D eigenvalue weighted by molar-refractivity contribution is 5.93. The summed E-state index contributed by atoms with van der Waals surface area (Å²) in [7, 11) is 0. The second kappa shape index (κ2) is 11.3. The van der Waals surface area contributed by atoms with Gasteiger partial charge in [0.25, 0.3) is 5.91 Å². The van der Waals surface area contributed by atoms with Crippen LogP contribution in [0.15, 0.2) is 53.8 Å². The molecule has 0 saturated heterocycles. The summed E-state index contributed by atoms with van der Waals surface area (Å²) < 4.78 is 0. The molecule has 162 valence electrons. The van der Waals surface area contributed by atoms with Crippen LogP contribution in [0.25, 0.3) is 0 Å². The number of nitrogens with one attached hydrogen (secondary N) is 3. The van der Waals surface area contributed by atoms with Gasteiger partial charge in [0.15, 0.2) is 5.96 Å². The number of carbonyl (C=O) groups excluding carboxylic acids is 1. The molecule has 0 spiro atoms. The highest BCUT2D eigenvalue weighted by Gasteiger charge is 2.14. The third kappa shape index (κ3) is 7.48. The van der Waals surface area contributed by atoms with E-state index in [4.69, 9.17) is 0 Å². The molecule has 4 N–H and O–H groups in total. The lowest BCUT2D eigenvalue weighted by Crippen LogP contribution is -2.41. The average molecular weight is 412 g/mol. The van der Waals surface area contributed by atoms with E-state index < -0.39 is 6.10 Å². The highest BCUT2D eigenvalue weighted by atomic mass is 16.3. The van der Waals surface area contributed by atoms with Gasteiger partial charge in [-0.2, -0.15) is 0 Å². The molecular formula is C23H33N5O2. The predicted octanol–water partition coefficient (Wildman–Crippen LogP) is 2.40. The van der Waals surface area contributed by atoms with E-state index in [0.717, 1.165) is 5.56 Å². The third-order valence-corrected chi connectivity index (χ3v) is 4.55. The topological polar surface area (TPSA) is 98.6 Å². The van der Waals surface area contributed by atoms with E-state index in [1.54, 1.807) is 18.3 Å². The van der Waals surface area contributed by atoms with Crippen LogP contribution in [-0.2, 0) is 5.41 Å². The molecule has 30 heavy (non-hydrogen) atoms. The lowest BCUT2D eigenvalue weighted by atomic mass is 9.86. The van der Waals surface area contributed by atoms with Crippen LogP contribution in [0, 0.1) is 0 Å². The predicted molar refractivity (Wildman–Crippen MR) is 121 cm³/mol. The van der Waals surface area contributed by atoms with Gasteiger partial charge in [-0.3, -0.25) is 14.8 Å². The Labute approximate surface area is 179 Å². The average Bonchev–Trinajstić information content (AvgIpc) is 2.74. The number of aliphatic hydroxyl groups is 1. The van der Waals surface area contributed by atoms with Gasteiger partial charge in [0.05, 0.1) is 18.2 Å². The second-order valence-electron chi connectivity index (χ2n) is 8.03. The van der Waals surface area contributed by atoms with Gasteiger partial charge in [-0.25, -0.2) is 0 Å². The fraction of sp³-hybridized carbons (Fsp3) is 0.435. The first kappa shape index (κ1) is 23.3. The van der Waals surface area contributed by atoms with Crippen LogP contribution in [0.5, 0.6) is 0 Å². The highest BCUT2D eigenvalue weighted by Crippen LogP contribution is 2.24. The van der Waals surface area contributed by atoms with E-state index in [1.165, 1.54) is 11.8 Å². The Kier molecular flexibility index (Phi) is 8.80. The molecule has 0 bridgehead atoms. The maximum Gasteiger partial charge on any atom is 0.252 e. The number of hydrogen-bond donors (Lipinski definition) is 4. The van der Waals surface area contributed by atoms with E-state index in [0.29, 0.717) is 31.2 Å². The van der Waals surface area contributed by atoms with E-state index in [-0.39, 0.29) is 17.9 Å². The number of nitrogens with zero attached hydrogens (tertiary/aromatic N) is 2. The van der Waals surface area contributed by atoms with E-state index in [1.807, 2.05) is 19.1 Å².